The highest BCUT2D eigenvalue weighted by molar-refractivity contribution is 4.79. The Morgan fingerprint density at radius 2 is 1.83 bits per heavy atom. The quantitative estimate of drug-likeness (QED) is 0.443. The van der Waals surface area contributed by atoms with Crippen molar-refractivity contribution in [3.8, 4) is 0 Å². The molecule has 0 aromatic carbocycles. The Morgan fingerprint density at radius 3 is 2.39 bits per heavy atom. The molecule has 0 radical (unpaired) electrons. The molecular weight excluding hydrogens is 226 g/mol. The van der Waals surface area contributed by atoms with Crippen molar-refractivity contribution in [3.05, 3.63) is 0 Å². The maximum atomic E-state index is 5.81. The molecular formula is C15H32NO2+. The Balaban J connectivity index is 2.01. The number of likely N-dealkylation sites (N-methyl/N-ethyl adjacent to an activating group) is 1. The van der Waals surface area contributed by atoms with Crippen LogP contribution >= 0.6 is 0 Å². The van der Waals surface area contributed by atoms with Crippen LogP contribution in [-0.4, -0.2) is 58.1 Å². The summed E-state index contributed by atoms with van der Waals surface area (Å²) in [7, 11) is 4.62. The third kappa shape index (κ3) is 6.17. The Hall–Kier alpha value is -0.120. The first kappa shape index (κ1) is 15.9. The summed E-state index contributed by atoms with van der Waals surface area (Å²) in [6, 6.07) is 0. The van der Waals surface area contributed by atoms with E-state index in [0.717, 1.165) is 37.5 Å². The van der Waals surface area contributed by atoms with Gasteiger partial charge in [0, 0.05) is 5.41 Å². The molecule has 3 heteroatoms. The van der Waals surface area contributed by atoms with E-state index >= 15 is 0 Å². The maximum absolute atomic E-state index is 5.81. The van der Waals surface area contributed by atoms with Gasteiger partial charge in [-0.1, -0.05) is 26.7 Å². The van der Waals surface area contributed by atoms with Gasteiger partial charge in [0.1, 0.15) is 6.54 Å². The lowest BCUT2D eigenvalue weighted by molar-refractivity contribution is -0.891. The lowest BCUT2D eigenvalue weighted by Crippen LogP contribution is -2.46. The molecule has 0 atom stereocenters. The van der Waals surface area contributed by atoms with Crippen LogP contribution in [0.1, 0.15) is 39.5 Å². The Labute approximate surface area is 113 Å². The fraction of sp³-hybridized carbons (Fsp3) is 1.00. The summed E-state index contributed by atoms with van der Waals surface area (Å²) < 4.78 is 12.1. The molecule has 3 nitrogen and oxygen atoms in total. The van der Waals surface area contributed by atoms with Crippen molar-refractivity contribution in [3.63, 3.8) is 0 Å². The van der Waals surface area contributed by atoms with Crippen LogP contribution in [0.25, 0.3) is 0 Å². The van der Waals surface area contributed by atoms with Crippen LogP contribution in [0.4, 0.5) is 0 Å². The van der Waals surface area contributed by atoms with Gasteiger partial charge in [0.15, 0.2) is 0 Å². The predicted octanol–water partition coefficient (Wildman–Crippen LogP) is 2.70. The lowest BCUT2D eigenvalue weighted by Gasteiger charge is -2.38. The summed E-state index contributed by atoms with van der Waals surface area (Å²) in [4.78, 5) is 0. The molecule has 1 saturated heterocycles. The topological polar surface area (TPSA) is 18.5 Å². The second kappa shape index (κ2) is 7.46. The van der Waals surface area contributed by atoms with Crippen LogP contribution < -0.4 is 0 Å². The third-order valence-corrected chi connectivity index (χ3v) is 3.81. The Morgan fingerprint density at radius 1 is 1.11 bits per heavy atom. The van der Waals surface area contributed by atoms with E-state index in [1.54, 1.807) is 0 Å². The molecule has 0 unspecified atom stereocenters. The summed E-state index contributed by atoms with van der Waals surface area (Å²) in [5.74, 6) is 0. The number of hydrogen-bond acceptors (Lipinski definition) is 2. The highest BCUT2D eigenvalue weighted by atomic mass is 16.5. The second-order valence-electron chi connectivity index (χ2n) is 6.80. The van der Waals surface area contributed by atoms with Crippen LogP contribution in [0, 0.1) is 5.41 Å². The summed E-state index contributed by atoms with van der Waals surface area (Å²) in [6.07, 6.45) is 5.40. The zero-order chi connectivity index (χ0) is 13.5. The molecule has 1 rings (SSSR count). The normalized spacial score (nSPS) is 18.7. The molecule has 0 bridgehead atoms. The minimum atomic E-state index is 0.290. The molecule has 1 aliphatic heterocycles. The lowest BCUT2D eigenvalue weighted by atomic mass is 9.90. The van der Waals surface area contributed by atoms with Gasteiger partial charge >= 0.3 is 0 Å². The van der Waals surface area contributed by atoms with E-state index in [4.69, 9.17) is 9.47 Å². The molecule has 0 spiro atoms. The zero-order valence-electron chi connectivity index (χ0n) is 12.8. The van der Waals surface area contributed by atoms with Crippen molar-refractivity contribution >= 4 is 0 Å². The van der Waals surface area contributed by atoms with Gasteiger partial charge in [0.05, 0.1) is 47.1 Å². The van der Waals surface area contributed by atoms with E-state index in [-0.39, 0.29) is 5.41 Å². The fourth-order valence-corrected chi connectivity index (χ4v) is 2.24. The van der Waals surface area contributed by atoms with Crippen molar-refractivity contribution in [1.82, 2.24) is 0 Å². The van der Waals surface area contributed by atoms with Crippen molar-refractivity contribution in [2.45, 2.75) is 39.5 Å². The van der Waals surface area contributed by atoms with Gasteiger partial charge in [0.2, 0.25) is 0 Å². The smallest absolute Gasteiger partial charge is 0.102 e. The van der Waals surface area contributed by atoms with Crippen LogP contribution in [0.5, 0.6) is 0 Å². The zero-order valence-corrected chi connectivity index (χ0v) is 12.8. The summed E-state index contributed by atoms with van der Waals surface area (Å²) in [5.41, 5.74) is 0.290. The minimum absolute atomic E-state index is 0.290. The van der Waals surface area contributed by atoms with Crippen molar-refractivity contribution in [2.75, 3.05) is 53.6 Å². The predicted molar refractivity (Wildman–Crippen MR) is 75.7 cm³/mol. The summed E-state index contributed by atoms with van der Waals surface area (Å²) >= 11 is 0. The molecule has 1 aliphatic rings. The van der Waals surface area contributed by atoms with Crippen LogP contribution in [0.3, 0.4) is 0 Å². The highest BCUT2D eigenvalue weighted by Crippen LogP contribution is 2.26. The number of nitrogens with zero attached hydrogens (tertiary/aromatic N) is 1. The first-order valence-corrected chi connectivity index (χ1v) is 7.45. The van der Waals surface area contributed by atoms with Gasteiger partial charge in [-0.05, 0) is 12.8 Å². The van der Waals surface area contributed by atoms with Gasteiger partial charge < -0.3 is 14.0 Å². The van der Waals surface area contributed by atoms with Gasteiger partial charge in [0.25, 0.3) is 0 Å². The van der Waals surface area contributed by atoms with Gasteiger partial charge in [-0.2, -0.15) is 0 Å². The molecule has 1 fully saturated rings. The van der Waals surface area contributed by atoms with Crippen LogP contribution in [0.2, 0.25) is 0 Å². The Bertz CT molecular complexity index is 225. The van der Waals surface area contributed by atoms with E-state index in [1.807, 2.05) is 0 Å². The number of hydrogen-bond donors (Lipinski definition) is 0. The van der Waals surface area contributed by atoms with E-state index in [0.29, 0.717) is 0 Å². The molecule has 0 N–H and O–H groups in total. The van der Waals surface area contributed by atoms with Crippen molar-refractivity contribution in [2.24, 2.45) is 5.41 Å². The third-order valence-electron chi connectivity index (χ3n) is 3.81. The van der Waals surface area contributed by atoms with Gasteiger partial charge in [-0.3, -0.25) is 0 Å². The molecule has 1 heterocycles. The molecule has 0 aliphatic carbocycles. The average Bonchev–Trinajstić information content (AvgIpc) is 2.28. The second-order valence-corrected chi connectivity index (χ2v) is 6.80. The summed E-state index contributed by atoms with van der Waals surface area (Å²) in [6.45, 7) is 10.3. The van der Waals surface area contributed by atoms with E-state index in [2.05, 4.69) is 27.9 Å². The van der Waals surface area contributed by atoms with Crippen molar-refractivity contribution < 1.29 is 14.0 Å². The summed E-state index contributed by atoms with van der Waals surface area (Å²) in [5, 5.41) is 0. The molecule has 0 amide bonds. The molecule has 0 saturated carbocycles. The van der Waals surface area contributed by atoms with Gasteiger partial charge in [-0.25, -0.2) is 0 Å². The number of ether oxygens (including phenoxy) is 2. The standard InChI is InChI=1S/C15H32NO2/c1-5-6-7-8-9-16(3,4)10-11-17-12-15(2)13-18-14-15/h5-14H2,1-4H3/q+1. The molecule has 0 aromatic rings. The van der Waals surface area contributed by atoms with Crippen molar-refractivity contribution in [1.29, 1.82) is 0 Å². The number of rotatable bonds is 10. The van der Waals surface area contributed by atoms with E-state index < -0.39 is 0 Å². The highest BCUT2D eigenvalue weighted by Gasteiger charge is 2.33. The average molecular weight is 258 g/mol. The van der Waals surface area contributed by atoms with Crippen LogP contribution in [-0.2, 0) is 9.47 Å². The van der Waals surface area contributed by atoms with Gasteiger partial charge in [-0.15, -0.1) is 0 Å². The molecule has 0 aromatic heterocycles. The van der Waals surface area contributed by atoms with E-state index in [1.165, 1.54) is 32.2 Å². The van der Waals surface area contributed by atoms with Crippen LogP contribution in [0.15, 0.2) is 0 Å². The molecule has 108 valence electrons. The largest absolute Gasteiger partial charge is 0.380 e. The first-order valence-electron chi connectivity index (χ1n) is 7.45. The SMILES string of the molecule is CCCCCC[N+](C)(C)CCOCC1(C)COC1. The maximum Gasteiger partial charge on any atom is 0.102 e. The Kier molecular flexibility index (Phi) is 6.61. The minimum Gasteiger partial charge on any atom is -0.380 e. The first-order chi connectivity index (χ1) is 8.47. The number of quaternary nitrogens is 1. The fourth-order valence-electron chi connectivity index (χ4n) is 2.24. The number of unbranched alkanes of at least 4 members (excludes halogenated alkanes) is 3. The van der Waals surface area contributed by atoms with E-state index in [9.17, 15) is 0 Å². The monoisotopic (exact) mass is 258 g/mol. The molecule has 18 heavy (non-hydrogen) atoms.